The van der Waals surface area contributed by atoms with Crippen LogP contribution in [0.15, 0.2) is 10.5 Å². The highest BCUT2D eigenvalue weighted by Gasteiger charge is 2.30. The van der Waals surface area contributed by atoms with Gasteiger partial charge in [0.25, 0.3) is 5.69 Å². The zero-order chi connectivity index (χ0) is 19.8. The molecule has 1 aromatic rings. The number of rotatable bonds is 4. The number of halogens is 1. The van der Waals surface area contributed by atoms with Crippen molar-refractivity contribution in [3.05, 3.63) is 37.3 Å². The SMILES string of the molecule is CC(C)(C)Cc1cc(CC(C)(C)C)c([N+](=O)[O-])c(CC(C)(C)C)c1Br. The number of hydrogen-bond donors (Lipinski definition) is 0. The first-order valence-corrected chi connectivity index (χ1v) is 9.77. The van der Waals surface area contributed by atoms with E-state index in [-0.39, 0.29) is 21.2 Å². The van der Waals surface area contributed by atoms with Gasteiger partial charge < -0.3 is 0 Å². The summed E-state index contributed by atoms with van der Waals surface area (Å²) >= 11 is 3.72. The van der Waals surface area contributed by atoms with Crippen LogP contribution in [0, 0.1) is 26.4 Å². The van der Waals surface area contributed by atoms with Crippen LogP contribution in [0.2, 0.25) is 0 Å². The Kier molecular flexibility index (Phi) is 6.54. The van der Waals surface area contributed by atoms with Crippen molar-refractivity contribution in [2.24, 2.45) is 16.2 Å². The zero-order valence-corrected chi connectivity index (χ0v) is 18.9. The first kappa shape index (κ1) is 22.1. The van der Waals surface area contributed by atoms with E-state index in [0.29, 0.717) is 18.5 Å². The second-order valence-electron chi connectivity index (χ2n) is 10.8. The summed E-state index contributed by atoms with van der Waals surface area (Å²) in [6, 6.07) is 2.06. The fourth-order valence-corrected chi connectivity index (χ4v) is 3.74. The monoisotopic (exact) mass is 411 g/mol. The van der Waals surface area contributed by atoms with Crippen LogP contribution in [0.1, 0.15) is 79.0 Å². The van der Waals surface area contributed by atoms with Gasteiger partial charge in [-0.1, -0.05) is 62.3 Å². The lowest BCUT2D eigenvalue weighted by molar-refractivity contribution is -0.386. The summed E-state index contributed by atoms with van der Waals surface area (Å²) in [4.78, 5) is 11.8. The molecule has 0 N–H and O–H groups in total. The highest BCUT2D eigenvalue weighted by Crippen LogP contribution is 2.41. The molecule has 0 saturated carbocycles. The van der Waals surface area contributed by atoms with E-state index in [4.69, 9.17) is 0 Å². The van der Waals surface area contributed by atoms with Crippen LogP contribution >= 0.6 is 15.9 Å². The largest absolute Gasteiger partial charge is 0.276 e. The Balaban J connectivity index is 3.71. The molecule has 0 amide bonds. The lowest BCUT2D eigenvalue weighted by atomic mass is 9.80. The summed E-state index contributed by atoms with van der Waals surface area (Å²) in [6.07, 6.45) is 2.27. The summed E-state index contributed by atoms with van der Waals surface area (Å²) in [7, 11) is 0. The Bertz CT molecular complexity index is 644. The maximum absolute atomic E-state index is 11.9. The molecule has 0 aliphatic heterocycles. The summed E-state index contributed by atoms with van der Waals surface area (Å²) in [5.74, 6) is 0. The van der Waals surface area contributed by atoms with Crippen LogP contribution in [-0.4, -0.2) is 4.92 Å². The van der Waals surface area contributed by atoms with Crippen molar-refractivity contribution in [3.63, 3.8) is 0 Å². The van der Waals surface area contributed by atoms with Gasteiger partial charge in [-0.05, 0) is 63.1 Å². The molecular formula is C21H34BrNO2. The third-order valence-corrected chi connectivity index (χ3v) is 4.80. The first-order valence-electron chi connectivity index (χ1n) is 8.98. The molecular weight excluding hydrogens is 378 g/mol. The minimum absolute atomic E-state index is 0.00338. The van der Waals surface area contributed by atoms with Crippen LogP contribution in [0.3, 0.4) is 0 Å². The average molecular weight is 412 g/mol. The second kappa shape index (κ2) is 7.38. The Morgan fingerprint density at radius 3 is 1.60 bits per heavy atom. The smallest absolute Gasteiger partial charge is 0.258 e. The summed E-state index contributed by atoms with van der Waals surface area (Å²) in [5, 5.41) is 11.9. The molecule has 0 heterocycles. The van der Waals surface area contributed by atoms with Crippen molar-refractivity contribution in [2.45, 2.75) is 81.6 Å². The van der Waals surface area contributed by atoms with Crippen LogP contribution in [0.5, 0.6) is 0 Å². The quantitative estimate of drug-likeness (QED) is 0.390. The van der Waals surface area contributed by atoms with Crippen molar-refractivity contribution in [2.75, 3.05) is 0 Å². The van der Waals surface area contributed by atoms with Gasteiger partial charge in [-0.2, -0.15) is 0 Å². The molecule has 1 aromatic carbocycles. The molecule has 0 atom stereocenters. The van der Waals surface area contributed by atoms with Gasteiger partial charge in [0.1, 0.15) is 0 Å². The predicted octanol–water partition coefficient (Wildman–Crippen LogP) is 7.12. The second-order valence-corrected chi connectivity index (χ2v) is 11.6. The molecule has 4 heteroatoms. The van der Waals surface area contributed by atoms with Crippen molar-refractivity contribution in [1.29, 1.82) is 0 Å². The highest BCUT2D eigenvalue weighted by atomic mass is 79.9. The van der Waals surface area contributed by atoms with E-state index < -0.39 is 0 Å². The van der Waals surface area contributed by atoms with Crippen molar-refractivity contribution in [1.82, 2.24) is 0 Å². The normalized spacial score (nSPS) is 13.2. The molecule has 0 fully saturated rings. The number of nitro benzene ring substituents is 1. The molecule has 25 heavy (non-hydrogen) atoms. The Hall–Kier alpha value is -0.900. The molecule has 0 saturated heterocycles. The van der Waals surface area contributed by atoms with E-state index >= 15 is 0 Å². The Morgan fingerprint density at radius 2 is 1.24 bits per heavy atom. The zero-order valence-electron chi connectivity index (χ0n) is 17.3. The van der Waals surface area contributed by atoms with Gasteiger partial charge >= 0.3 is 0 Å². The van der Waals surface area contributed by atoms with Crippen LogP contribution in [-0.2, 0) is 19.3 Å². The van der Waals surface area contributed by atoms with Crippen LogP contribution in [0.25, 0.3) is 0 Å². The number of nitrogens with zero attached hydrogens (tertiary/aromatic N) is 1. The third kappa shape index (κ3) is 7.08. The minimum Gasteiger partial charge on any atom is -0.258 e. The maximum Gasteiger partial charge on any atom is 0.276 e. The molecule has 0 unspecified atom stereocenters. The standard InChI is InChI=1S/C21H34BrNO2/c1-19(2,3)11-14-10-15(12-20(4,5)6)18(23(24)25)16(17(14)22)13-21(7,8)9/h10H,11-13H2,1-9H3. The van der Waals surface area contributed by atoms with E-state index in [1.165, 1.54) is 5.56 Å². The van der Waals surface area contributed by atoms with Gasteiger partial charge in [0.15, 0.2) is 0 Å². The molecule has 0 bridgehead atoms. The summed E-state index contributed by atoms with van der Waals surface area (Å²) in [6.45, 7) is 19.4. The topological polar surface area (TPSA) is 43.1 Å². The molecule has 0 spiro atoms. The first-order chi connectivity index (χ1) is 11.0. The van der Waals surface area contributed by atoms with Gasteiger partial charge in [-0.25, -0.2) is 0 Å². The van der Waals surface area contributed by atoms with E-state index in [0.717, 1.165) is 22.0 Å². The molecule has 1 rings (SSSR count). The van der Waals surface area contributed by atoms with Gasteiger partial charge in [-0.3, -0.25) is 10.1 Å². The third-order valence-electron chi connectivity index (χ3n) is 3.82. The molecule has 0 aliphatic rings. The summed E-state index contributed by atoms with van der Waals surface area (Å²) in [5.41, 5.74) is 3.28. The summed E-state index contributed by atoms with van der Waals surface area (Å²) < 4.78 is 0.918. The fourth-order valence-electron chi connectivity index (χ4n) is 3.16. The van der Waals surface area contributed by atoms with Crippen molar-refractivity contribution in [3.8, 4) is 0 Å². The average Bonchev–Trinajstić information content (AvgIpc) is 2.28. The number of nitro groups is 1. The molecule has 3 nitrogen and oxygen atoms in total. The molecule has 0 aliphatic carbocycles. The van der Waals surface area contributed by atoms with Gasteiger partial charge in [0.05, 0.1) is 4.92 Å². The van der Waals surface area contributed by atoms with E-state index in [9.17, 15) is 10.1 Å². The predicted molar refractivity (Wildman–Crippen MR) is 110 cm³/mol. The maximum atomic E-state index is 11.9. The van der Waals surface area contributed by atoms with Gasteiger partial charge in [-0.15, -0.1) is 0 Å². The van der Waals surface area contributed by atoms with Crippen LogP contribution < -0.4 is 0 Å². The molecule has 0 radical (unpaired) electrons. The van der Waals surface area contributed by atoms with E-state index in [1.807, 2.05) is 0 Å². The van der Waals surface area contributed by atoms with Gasteiger partial charge in [0, 0.05) is 15.6 Å². The Morgan fingerprint density at radius 1 is 0.840 bits per heavy atom. The lowest BCUT2D eigenvalue weighted by Gasteiger charge is -2.26. The van der Waals surface area contributed by atoms with Crippen molar-refractivity contribution >= 4 is 21.6 Å². The fraction of sp³-hybridized carbons (Fsp3) is 0.714. The van der Waals surface area contributed by atoms with E-state index in [2.05, 4.69) is 84.3 Å². The Labute approximate surface area is 161 Å². The van der Waals surface area contributed by atoms with Crippen molar-refractivity contribution < 1.29 is 4.92 Å². The molecule has 0 aromatic heterocycles. The minimum atomic E-state index is -0.187. The number of hydrogen-bond acceptors (Lipinski definition) is 2. The lowest BCUT2D eigenvalue weighted by Crippen LogP contribution is -2.18. The highest BCUT2D eigenvalue weighted by molar-refractivity contribution is 9.10. The van der Waals surface area contributed by atoms with Crippen LogP contribution in [0.4, 0.5) is 5.69 Å². The number of benzene rings is 1. The molecule has 142 valence electrons. The van der Waals surface area contributed by atoms with Gasteiger partial charge in [0.2, 0.25) is 0 Å². The van der Waals surface area contributed by atoms with E-state index in [1.54, 1.807) is 0 Å².